The summed E-state index contributed by atoms with van der Waals surface area (Å²) in [6.45, 7) is 1.08. The van der Waals surface area contributed by atoms with E-state index in [1.54, 1.807) is 0 Å². The number of benzene rings is 1. The number of pyridine rings is 1. The monoisotopic (exact) mass is 534 g/mol. The van der Waals surface area contributed by atoms with Crippen LogP contribution in [0.4, 0.5) is 23.8 Å². The van der Waals surface area contributed by atoms with Gasteiger partial charge in [-0.3, -0.25) is 4.79 Å². The predicted molar refractivity (Wildman–Crippen MR) is 122 cm³/mol. The van der Waals surface area contributed by atoms with E-state index in [9.17, 15) is 28.6 Å². The number of fused-ring (bicyclic) bond motifs is 1. The van der Waals surface area contributed by atoms with Crippen LogP contribution in [0.2, 0.25) is 0 Å². The molecule has 0 aliphatic carbocycles. The average Bonchev–Trinajstić information content (AvgIpc) is 3.27. The third-order valence-electron chi connectivity index (χ3n) is 6.75. The second-order valence-corrected chi connectivity index (χ2v) is 11.7. The van der Waals surface area contributed by atoms with E-state index in [-0.39, 0.29) is 42.8 Å². The maximum Gasteiger partial charge on any atom is 0.310 e. The van der Waals surface area contributed by atoms with E-state index in [2.05, 4.69) is 15.0 Å². The van der Waals surface area contributed by atoms with Crippen LogP contribution in [-0.2, 0) is 4.74 Å². The van der Waals surface area contributed by atoms with Crippen molar-refractivity contribution < 1.29 is 33.4 Å². The standard InChI is InChI=1S/C23H24F6N4O2S/c24-17-13-30-22-20(31-21(32-22)18-3-1-2-12-35-18)19(17)14-8-10-33(11-9-14)23(34)15-4-6-16(7-5-15)36(25,26,27,28)29/h4-7,13-14,18H,1-3,8-12H2,(H,30,31,32)/t18-/m1/s1. The molecule has 36 heavy (non-hydrogen) atoms. The highest BCUT2D eigenvalue weighted by molar-refractivity contribution is 8.45. The van der Waals surface area contributed by atoms with E-state index in [4.69, 9.17) is 4.74 Å². The zero-order valence-corrected chi connectivity index (χ0v) is 19.8. The summed E-state index contributed by atoms with van der Waals surface area (Å²) in [5.41, 5.74) is 1.19. The van der Waals surface area contributed by atoms with E-state index < -0.39 is 26.8 Å². The summed E-state index contributed by atoms with van der Waals surface area (Å²) in [5, 5.41) is 0. The van der Waals surface area contributed by atoms with Crippen LogP contribution in [0.15, 0.2) is 35.4 Å². The Labute approximate surface area is 202 Å². The van der Waals surface area contributed by atoms with Gasteiger partial charge in [-0.2, -0.15) is 0 Å². The largest absolute Gasteiger partial charge is 0.370 e. The Hall–Kier alpha value is -2.80. The summed E-state index contributed by atoms with van der Waals surface area (Å²) in [6.07, 6.45) is 4.52. The number of carbonyl (C=O) groups is 1. The number of imidazole rings is 1. The van der Waals surface area contributed by atoms with Crippen molar-refractivity contribution in [3.8, 4) is 0 Å². The number of H-pyrrole nitrogens is 1. The van der Waals surface area contributed by atoms with Crippen molar-refractivity contribution in [1.29, 1.82) is 0 Å². The fraction of sp³-hybridized carbons (Fsp3) is 0.435. The Morgan fingerprint density at radius 3 is 2.33 bits per heavy atom. The average molecular weight is 535 g/mol. The normalized spacial score (nSPS) is 21.8. The van der Waals surface area contributed by atoms with Crippen LogP contribution in [0, 0.1) is 5.82 Å². The highest BCUT2D eigenvalue weighted by Crippen LogP contribution is 3.02. The number of nitrogens with zero attached hydrogens (tertiary/aromatic N) is 3. The first-order chi connectivity index (χ1) is 16.8. The predicted octanol–water partition coefficient (Wildman–Crippen LogP) is 7.02. The molecule has 2 saturated heterocycles. The van der Waals surface area contributed by atoms with Gasteiger partial charge in [-0.05, 0) is 62.3 Å². The molecule has 0 saturated carbocycles. The molecule has 0 bridgehead atoms. The van der Waals surface area contributed by atoms with Crippen LogP contribution in [0.25, 0.3) is 11.2 Å². The van der Waals surface area contributed by atoms with Gasteiger partial charge < -0.3 is 14.6 Å². The number of amides is 1. The maximum absolute atomic E-state index is 14.9. The van der Waals surface area contributed by atoms with Gasteiger partial charge in [0, 0.05) is 30.8 Å². The van der Waals surface area contributed by atoms with Gasteiger partial charge >= 0.3 is 10.2 Å². The zero-order valence-electron chi connectivity index (χ0n) is 19.0. The molecule has 1 amide bonds. The molecule has 2 aromatic heterocycles. The lowest BCUT2D eigenvalue weighted by molar-refractivity contribution is 0.0101. The molecule has 196 valence electrons. The molecule has 6 nitrogen and oxygen atoms in total. The van der Waals surface area contributed by atoms with Gasteiger partial charge in [0.15, 0.2) is 5.65 Å². The Bertz CT molecular complexity index is 1300. The lowest BCUT2D eigenvalue weighted by Crippen LogP contribution is -2.38. The Morgan fingerprint density at radius 1 is 1.03 bits per heavy atom. The topological polar surface area (TPSA) is 71.1 Å². The molecule has 0 unspecified atom stereocenters. The highest BCUT2D eigenvalue weighted by atomic mass is 32.5. The smallest absolute Gasteiger partial charge is 0.310 e. The number of likely N-dealkylation sites (tertiary alicyclic amines) is 1. The van der Waals surface area contributed by atoms with Crippen LogP contribution in [0.3, 0.4) is 0 Å². The molecule has 5 rings (SSSR count). The summed E-state index contributed by atoms with van der Waals surface area (Å²) in [4.78, 5) is 23.9. The van der Waals surface area contributed by atoms with E-state index in [0.29, 0.717) is 42.0 Å². The fourth-order valence-corrected chi connectivity index (χ4v) is 5.54. The molecule has 0 radical (unpaired) electrons. The van der Waals surface area contributed by atoms with E-state index in [0.717, 1.165) is 37.6 Å². The number of piperidine rings is 1. The molecule has 2 fully saturated rings. The molecule has 1 aromatic carbocycles. The molecule has 13 heteroatoms. The van der Waals surface area contributed by atoms with Gasteiger partial charge in [0.05, 0.1) is 11.7 Å². The van der Waals surface area contributed by atoms with Crippen LogP contribution in [0.5, 0.6) is 0 Å². The third kappa shape index (κ3) is 4.90. The van der Waals surface area contributed by atoms with Crippen LogP contribution >= 0.6 is 10.2 Å². The van der Waals surface area contributed by atoms with Gasteiger partial charge in [-0.25, -0.2) is 14.4 Å². The number of nitrogens with one attached hydrogen (secondary N) is 1. The molecule has 2 aliphatic rings. The van der Waals surface area contributed by atoms with Crippen molar-refractivity contribution in [3.63, 3.8) is 0 Å². The van der Waals surface area contributed by atoms with Crippen molar-refractivity contribution in [1.82, 2.24) is 19.9 Å². The molecule has 1 N–H and O–H groups in total. The summed E-state index contributed by atoms with van der Waals surface area (Å²) in [6, 6.07) is 1.98. The van der Waals surface area contributed by atoms with Crippen molar-refractivity contribution in [2.24, 2.45) is 0 Å². The molecule has 0 spiro atoms. The van der Waals surface area contributed by atoms with E-state index in [1.807, 2.05) is 0 Å². The molecule has 4 heterocycles. The van der Waals surface area contributed by atoms with Gasteiger partial charge in [-0.1, -0.05) is 19.4 Å². The lowest BCUT2D eigenvalue weighted by Gasteiger charge is -2.40. The third-order valence-corrected chi connectivity index (χ3v) is 7.91. The SMILES string of the molecule is O=C(c1ccc(S(F)(F)(F)(F)F)cc1)N1CCC(c2c(F)cnc3nc([C@H]4CCCCO4)[nH]c23)CC1. The van der Waals surface area contributed by atoms with Crippen molar-refractivity contribution in [2.75, 3.05) is 19.7 Å². The number of rotatable bonds is 4. The first-order valence-corrected chi connectivity index (χ1v) is 13.5. The molecular formula is C23H24F6N4O2S. The summed E-state index contributed by atoms with van der Waals surface area (Å²) >= 11 is 0. The maximum atomic E-state index is 14.9. The number of aromatic nitrogens is 3. The van der Waals surface area contributed by atoms with Crippen molar-refractivity contribution >= 4 is 27.3 Å². The molecule has 3 aromatic rings. The van der Waals surface area contributed by atoms with E-state index in [1.165, 1.54) is 4.90 Å². The highest BCUT2D eigenvalue weighted by Gasteiger charge is 2.65. The number of hydrogen-bond donors (Lipinski definition) is 1. The van der Waals surface area contributed by atoms with Crippen molar-refractivity contribution in [2.45, 2.75) is 49.0 Å². The molecule has 1 atom stereocenters. The van der Waals surface area contributed by atoms with Gasteiger partial charge in [0.2, 0.25) is 0 Å². The Balaban J connectivity index is 1.31. The lowest BCUT2D eigenvalue weighted by atomic mass is 9.88. The summed E-state index contributed by atoms with van der Waals surface area (Å²) in [7, 11) is -9.81. The second kappa shape index (κ2) is 8.10. The zero-order chi connectivity index (χ0) is 25.8. The number of hydrogen-bond acceptors (Lipinski definition) is 4. The first-order valence-electron chi connectivity index (χ1n) is 11.6. The van der Waals surface area contributed by atoms with Gasteiger partial charge in [-0.15, -0.1) is 0 Å². The summed E-state index contributed by atoms with van der Waals surface area (Å²) < 4.78 is 85.4. The van der Waals surface area contributed by atoms with Crippen LogP contribution < -0.4 is 0 Å². The Morgan fingerprint density at radius 2 is 1.72 bits per heavy atom. The fourth-order valence-electron chi connectivity index (χ4n) is 4.89. The number of halogens is 6. The first kappa shape index (κ1) is 24.9. The van der Waals surface area contributed by atoms with Gasteiger partial charge in [0.1, 0.15) is 22.6 Å². The van der Waals surface area contributed by atoms with Crippen LogP contribution in [-0.4, -0.2) is 45.5 Å². The minimum atomic E-state index is -9.81. The number of ether oxygens (including phenoxy) is 1. The molecular weight excluding hydrogens is 510 g/mol. The minimum absolute atomic E-state index is 0.123. The number of carbonyl (C=O) groups excluding carboxylic acids is 1. The van der Waals surface area contributed by atoms with Crippen molar-refractivity contribution in [3.05, 3.63) is 53.2 Å². The van der Waals surface area contributed by atoms with E-state index >= 15 is 0 Å². The summed E-state index contributed by atoms with van der Waals surface area (Å²) in [5.74, 6) is -0.693. The Kier molecular flexibility index (Phi) is 5.60. The van der Waals surface area contributed by atoms with Gasteiger partial charge in [0.25, 0.3) is 5.91 Å². The molecule has 2 aliphatic heterocycles. The minimum Gasteiger partial charge on any atom is -0.370 e. The number of aromatic amines is 1. The quantitative estimate of drug-likeness (QED) is 0.366. The van der Waals surface area contributed by atoms with Crippen LogP contribution in [0.1, 0.15) is 65.9 Å². The second-order valence-electron chi connectivity index (χ2n) is 9.26.